The SMILES string of the molecule is COC1CC(Nc2cc(Cl)cc(Br)c2OC(F)F)C1. The number of hydrogen-bond donors (Lipinski definition) is 1. The summed E-state index contributed by atoms with van der Waals surface area (Å²) in [5, 5.41) is 3.59. The number of hydrogen-bond acceptors (Lipinski definition) is 3. The molecule has 1 aliphatic rings. The number of nitrogens with one attached hydrogen (secondary N) is 1. The van der Waals surface area contributed by atoms with E-state index in [1.807, 2.05) is 0 Å². The number of ether oxygens (including phenoxy) is 2. The minimum absolute atomic E-state index is 0.0697. The Bertz CT molecular complexity index is 456. The van der Waals surface area contributed by atoms with Crippen LogP contribution in [-0.2, 0) is 4.74 Å². The van der Waals surface area contributed by atoms with Gasteiger partial charge < -0.3 is 14.8 Å². The Kier molecular flexibility index (Phi) is 4.86. The molecule has 0 aromatic heterocycles. The van der Waals surface area contributed by atoms with E-state index in [9.17, 15) is 8.78 Å². The molecule has 0 amide bonds. The zero-order valence-electron chi connectivity index (χ0n) is 10.1. The lowest BCUT2D eigenvalue weighted by Gasteiger charge is -2.35. The maximum Gasteiger partial charge on any atom is 0.387 e. The molecule has 2 rings (SSSR count). The topological polar surface area (TPSA) is 30.5 Å². The van der Waals surface area contributed by atoms with E-state index in [1.54, 1.807) is 13.2 Å². The summed E-state index contributed by atoms with van der Waals surface area (Å²) in [6.07, 6.45) is 1.88. The third-order valence-corrected chi connectivity index (χ3v) is 3.81. The maximum atomic E-state index is 12.4. The smallest absolute Gasteiger partial charge is 0.387 e. The molecular formula is C12H13BrClF2NO2. The van der Waals surface area contributed by atoms with Crippen LogP contribution in [0.2, 0.25) is 5.02 Å². The van der Waals surface area contributed by atoms with Crippen molar-refractivity contribution in [2.45, 2.75) is 31.6 Å². The minimum Gasteiger partial charge on any atom is -0.431 e. The van der Waals surface area contributed by atoms with Crippen LogP contribution in [0.3, 0.4) is 0 Å². The number of anilines is 1. The van der Waals surface area contributed by atoms with Crippen LogP contribution in [0.4, 0.5) is 14.5 Å². The van der Waals surface area contributed by atoms with Gasteiger partial charge in [-0.1, -0.05) is 11.6 Å². The highest BCUT2D eigenvalue weighted by atomic mass is 79.9. The first-order valence-electron chi connectivity index (χ1n) is 5.72. The zero-order chi connectivity index (χ0) is 14.0. The van der Waals surface area contributed by atoms with Crippen molar-refractivity contribution in [1.82, 2.24) is 0 Å². The van der Waals surface area contributed by atoms with Crippen molar-refractivity contribution in [1.29, 1.82) is 0 Å². The second-order valence-corrected chi connectivity index (χ2v) is 5.60. The summed E-state index contributed by atoms with van der Waals surface area (Å²) < 4.78 is 34.9. The first kappa shape index (κ1) is 14.8. The van der Waals surface area contributed by atoms with Crippen LogP contribution in [-0.4, -0.2) is 25.9 Å². The van der Waals surface area contributed by atoms with Gasteiger partial charge in [0.15, 0.2) is 5.75 Å². The van der Waals surface area contributed by atoms with Gasteiger partial charge in [0.1, 0.15) is 0 Å². The Morgan fingerprint density at radius 3 is 2.68 bits per heavy atom. The first-order chi connectivity index (χ1) is 8.99. The largest absolute Gasteiger partial charge is 0.431 e. The molecule has 0 spiro atoms. The lowest BCUT2D eigenvalue weighted by atomic mass is 9.89. The second kappa shape index (κ2) is 6.24. The molecule has 1 aliphatic carbocycles. The predicted octanol–water partition coefficient (Wildman–Crippen LogP) is 4.29. The third kappa shape index (κ3) is 3.70. The van der Waals surface area contributed by atoms with Crippen LogP contribution in [0.15, 0.2) is 16.6 Å². The molecule has 0 atom stereocenters. The molecule has 1 saturated carbocycles. The van der Waals surface area contributed by atoms with E-state index in [-0.39, 0.29) is 17.9 Å². The summed E-state index contributed by atoms with van der Waals surface area (Å²) in [6, 6.07) is 3.27. The zero-order valence-corrected chi connectivity index (χ0v) is 12.5. The van der Waals surface area contributed by atoms with E-state index in [1.165, 1.54) is 6.07 Å². The molecule has 106 valence electrons. The Balaban J connectivity index is 2.13. The molecule has 0 aliphatic heterocycles. The van der Waals surface area contributed by atoms with Gasteiger partial charge in [-0.15, -0.1) is 0 Å². The van der Waals surface area contributed by atoms with Gasteiger partial charge in [0.2, 0.25) is 0 Å². The molecule has 1 N–H and O–H groups in total. The number of benzene rings is 1. The van der Waals surface area contributed by atoms with Crippen LogP contribution < -0.4 is 10.1 Å². The Morgan fingerprint density at radius 2 is 2.11 bits per heavy atom. The van der Waals surface area contributed by atoms with E-state index < -0.39 is 6.61 Å². The van der Waals surface area contributed by atoms with Gasteiger partial charge in [0.25, 0.3) is 0 Å². The fourth-order valence-corrected chi connectivity index (χ4v) is 2.88. The van der Waals surface area contributed by atoms with Crippen molar-refractivity contribution >= 4 is 33.2 Å². The standard InChI is InChI=1S/C12H13BrClF2NO2/c1-18-8-4-7(5-8)17-10-3-6(14)2-9(13)11(10)19-12(15)16/h2-3,7-8,12,17H,4-5H2,1H3. The Hall–Kier alpha value is -0.590. The van der Waals surface area contributed by atoms with Gasteiger partial charge >= 0.3 is 6.61 Å². The molecule has 0 saturated heterocycles. The molecule has 19 heavy (non-hydrogen) atoms. The van der Waals surface area contributed by atoms with E-state index in [4.69, 9.17) is 16.3 Å². The number of methoxy groups -OCH3 is 1. The summed E-state index contributed by atoms with van der Waals surface area (Å²) in [7, 11) is 1.65. The van der Waals surface area contributed by atoms with Crippen LogP contribution in [0, 0.1) is 0 Å². The van der Waals surface area contributed by atoms with E-state index in [2.05, 4.69) is 26.0 Å². The molecule has 0 unspecified atom stereocenters. The van der Waals surface area contributed by atoms with Crippen molar-refractivity contribution < 1.29 is 18.3 Å². The number of rotatable bonds is 5. The van der Waals surface area contributed by atoms with E-state index in [0.29, 0.717) is 15.2 Å². The second-order valence-electron chi connectivity index (χ2n) is 4.31. The van der Waals surface area contributed by atoms with Gasteiger partial charge in [-0.05, 0) is 40.9 Å². The highest BCUT2D eigenvalue weighted by molar-refractivity contribution is 9.10. The van der Waals surface area contributed by atoms with Gasteiger partial charge in [-0.25, -0.2) is 0 Å². The normalized spacial score (nSPS) is 22.2. The summed E-state index contributed by atoms with van der Waals surface area (Å²) in [5.74, 6) is 0.0697. The summed E-state index contributed by atoms with van der Waals surface area (Å²) >= 11 is 9.10. The highest BCUT2D eigenvalue weighted by Gasteiger charge is 2.30. The van der Waals surface area contributed by atoms with Crippen LogP contribution >= 0.6 is 27.5 Å². The van der Waals surface area contributed by atoms with Crippen molar-refractivity contribution in [2.75, 3.05) is 12.4 Å². The summed E-state index contributed by atoms with van der Waals surface area (Å²) in [5.41, 5.74) is 0.458. The van der Waals surface area contributed by atoms with Crippen LogP contribution in [0.1, 0.15) is 12.8 Å². The third-order valence-electron chi connectivity index (χ3n) is 3.00. The predicted molar refractivity (Wildman–Crippen MR) is 73.2 cm³/mol. The molecule has 0 heterocycles. The quantitative estimate of drug-likeness (QED) is 0.853. The molecule has 1 aromatic rings. The molecular weight excluding hydrogens is 343 g/mol. The van der Waals surface area contributed by atoms with Gasteiger partial charge in [-0.3, -0.25) is 0 Å². The van der Waals surface area contributed by atoms with Crippen LogP contribution in [0.25, 0.3) is 0 Å². The minimum atomic E-state index is -2.88. The van der Waals surface area contributed by atoms with Gasteiger partial charge in [0, 0.05) is 18.2 Å². The molecule has 0 radical (unpaired) electrons. The summed E-state index contributed by atoms with van der Waals surface area (Å²) in [4.78, 5) is 0. The molecule has 1 fully saturated rings. The van der Waals surface area contributed by atoms with E-state index >= 15 is 0 Å². The lowest BCUT2D eigenvalue weighted by Crippen LogP contribution is -2.40. The average molecular weight is 357 g/mol. The lowest BCUT2D eigenvalue weighted by molar-refractivity contribution is -0.0500. The first-order valence-corrected chi connectivity index (χ1v) is 6.90. The van der Waals surface area contributed by atoms with Crippen LogP contribution in [0.5, 0.6) is 5.75 Å². The molecule has 3 nitrogen and oxygen atoms in total. The van der Waals surface area contributed by atoms with Crippen molar-refractivity contribution in [3.8, 4) is 5.75 Å². The van der Waals surface area contributed by atoms with Gasteiger partial charge in [0.05, 0.1) is 16.3 Å². The fourth-order valence-electron chi connectivity index (χ4n) is 1.97. The molecule has 7 heteroatoms. The molecule has 1 aromatic carbocycles. The highest BCUT2D eigenvalue weighted by Crippen LogP contribution is 2.39. The monoisotopic (exact) mass is 355 g/mol. The fraction of sp³-hybridized carbons (Fsp3) is 0.500. The van der Waals surface area contributed by atoms with Gasteiger partial charge in [-0.2, -0.15) is 8.78 Å². The van der Waals surface area contributed by atoms with Crippen molar-refractivity contribution in [2.24, 2.45) is 0 Å². The Labute approximate surface area is 123 Å². The van der Waals surface area contributed by atoms with Crippen molar-refractivity contribution in [3.05, 3.63) is 21.6 Å². The Morgan fingerprint density at radius 1 is 1.42 bits per heavy atom. The van der Waals surface area contributed by atoms with E-state index in [0.717, 1.165) is 12.8 Å². The summed E-state index contributed by atoms with van der Waals surface area (Å²) in [6.45, 7) is -2.88. The number of halogens is 4. The maximum absolute atomic E-state index is 12.4. The average Bonchev–Trinajstić information content (AvgIpc) is 2.26. The molecule has 0 bridgehead atoms. The number of alkyl halides is 2. The van der Waals surface area contributed by atoms with Crippen molar-refractivity contribution in [3.63, 3.8) is 0 Å².